The van der Waals surface area contributed by atoms with Gasteiger partial charge in [-0.15, -0.1) is 5.10 Å². The van der Waals surface area contributed by atoms with Gasteiger partial charge in [0.2, 0.25) is 15.9 Å². The second-order valence-corrected chi connectivity index (χ2v) is 11.1. The fourth-order valence-corrected chi connectivity index (χ4v) is 5.12. The summed E-state index contributed by atoms with van der Waals surface area (Å²) in [6, 6.07) is 6.37. The van der Waals surface area contributed by atoms with Crippen molar-refractivity contribution in [3.05, 3.63) is 41.7 Å². The van der Waals surface area contributed by atoms with Crippen LogP contribution in [0.15, 0.2) is 35.4 Å². The van der Waals surface area contributed by atoms with Gasteiger partial charge in [0.1, 0.15) is 5.69 Å². The second kappa shape index (κ2) is 11.4. The van der Waals surface area contributed by atoms with Crippen LogP contribution >= 0.6 is 0 Å². The lowest BCUT2D eigenvalue weighted by molar-refractivity contribution is -0.136. The molecule has 1 aliphatic heterocycles. The Kier molecular flexibility index (Phi) is 8.80. The summed E-state index contributed by atoms with van der Waals surface area (Å²) >= 11 is 0. The van der Waals surface area contributed by atoms with Gasteiger partial charge in [0.05, 0.1) is 36.5 Å². The molecule has 0 radical (unpaired) electrons. The normalized spacial score (nSPS) is 21.6. The van der Waals surface area contributed by atoms with E-state index in [4.69, 9.17) is 4.74 Å². The monoisotopic (exact) mass is 493 g/mol. The zero-order chi connectivity index (χ0) is 24.9. The van der Waals surface area contributed by atoms with Crippen molar-refractivity contribution in [3.63, 3.8) is 0 Å². The molecule has 188 valence electrons. The summed E-state index contributed by atoms with van der Waals surface area (Å²) in [5.41, 5.74) is 1.62. The Morgan fingerprint density at radius 2 is 2.00 bits per heavy atom. The first-order valence-electron chi connectivity index (χ1n) is 11.6. The maximum atomic E-state index is 13.2. The third kappa shape index (κ3) is 6.41. The first-order chi connectivity index (χ1) is 16.1. The smallest absolute Gasteiger partial charge is 0.242 e. The number of rotatable bonds is 6. The molecular weight excluding hydrogens is 458 g/mol. The maximum Gasteiger partial charge on any atom is 0.242 e. The fourth-order valence-electron chi connectivity index (χ4n) is 3.93. The lowest BCUT2D eigenvalue weighted by atomic mass is 10.0. The van der Waals surface area contributed by atoms with E-state index < -0.39 is 16.1 Å². The molecule has 1 N–H and O–H groups in total. The van der Waals surface area contributed by atoms with E-state index in [1.165, 1.54) is 11.4 Å². The van der Waals surface area contributed by atoms with Crippen molar-refractivity contribution in [2.45, 2.75) is 63.8 Å². The van der Waals surface area contributed by atoms with Crippen LogP contribution in [0, 0.1) is 12.8 Å². The van der Waals surface area contributed by atoms with Crippen LogP contribution in [0.5, 0.6) is 0 Å². The number of aryl methyl sites for hydroxylation is 2. The Balaban J connectivity index is 1.85. The van der Waals surface area contributed by atoms with Gasteiger partial charge in [-0.2, -0.15) is 4.31 Å². The van der Waals surface area contributed by atoms with Gasteiger partial charge in [0.25, 0.3) is 0 Å². The number of aliphatic hydroxyl groups excluding tert-OH is 1. The number of likely N-dealkylation sites (N-methyl/N-ethyl adjacent to an activating group) is 1. The van der Waals surface area contributed by atoms with Gasteiger partial charge < -0.3 is 14.7 Å². The quantitative estimate of drug-likeness (QED) is 0.647. The largest absolute Gasteiger partial charge is 0.394 e. The number of hydrogen-bond acceptors (Lipinski definition) is 7. The molecule has 2 heterocycles. The topological polar surface area (TPSA) is 118 Å². The summed E-state index contributed by atoms with van der Waals surface area (Å²) in [5.74, 6) is -0.267. The van der Waals surface area contributed by atoms with Crippen molar-refractivity contribution in [2.24, 2.45) is 5.92 Å². The van der Waals surface area contributed by atoms with Gasteiger partial charge in [-0.1, -0.05) is 29.8 Å². The van der Waals surface area contributed by atoms with Crippen molar-refractivity contribution >= 4 is 15.9 Å². The Labute approximate surface area is 201 Å². The van der Waals surface area contributed by atoms with Crippen LogP contribution in [0.2, 0.25) is 0 Å². The standard InChI is InChI=1S/C23H35N5O5S/c1-17-7-9-21(10-8-17)34(31,32)26(4)14-22-18(2)12-28(19(3)15-29)23(30)6-5-11-27-13-20(16-33-22)24-25-27/h7-10,13,18-19,22,29H,5-6,11-12,14-16H2,1-4H3/t18-,19-,22-/m1/s1. The van der Waals surface area contributed by atoms with Crippen molar-refractivity contribution < 1.29 is 23.1 Å². The van der Waals surface area contributed by atoms with Gasteiger partial charge in [-0.3, -0.25) is 9.48 Å². The van der Waals surface area contributed by atoms with Gasteiger partial charge in [0.15, 0.2) is 0 Å². The summed E-state index contributed by atoms with van der Waals surface area (Å²) in [6.07, 6.45) is 2.19. The number of nitrogens with zero attached hydrogens (tertiary/aromatic N) is 5. The summed E-state index contributed by atoms with van der Waals surface area (Å²) in [6.45, 7) is 6.65. The van der Waals surface area contributed by atoms with E-state index in [2.05, 4.69) is 10.3 Å². The molecule has 34 heavy (non-hydrogen) atoms. The summed E-state index contributed by atoms with van der Waals surface area (Å²) < 4.78 is 35.5. The highest BCUT2D eigenvalue weighted by atomic mass is 32.2. The lowest BCUT2D eigenvalue weighted by Crippen LogP contribution is -2.47. The van der Waals surface area contributed by atoms with Crippen LogP contribution in [-0.2, 0) is 32.7 Å². The second-order valence-electron chi connectivity index (χ2n) is 9.08. The number of sulfonamides is 1. The Morgan fingerprint density at radius 1 is 1.29 bits per heavy atom. The highest BCUT2D eigenvalue weighted by Gasteiger charge is 2.31. The van der Waals surface area contributed by atoms with E-state index in [0.717, 1.165) is 5.56 Å². The average molecular weight is 494 g/mol. The minimum Gasteiger partial charge on any atom is -0.394 e. The number of fused-ring (bicyclic) bond motifs is 2. The third-order valence-electron chi connectivity index (χ3n) is 6.21. The minimum atomic E-state index is -3.72. The van der Waals surface area contributed by atoms with E-state index in [9.17, 15) is 18.3 Å². The van der Waals surface area contributed by atoms with Crippen molar-refractivity contribution in [1.82, 2.24) is 24.2 Å². The van der Waals surface area contributed by atoms with Crippen LogP contribution in [0.4, 0.5) is 0 Å². The molecule has 0 fully saturated rings. The number of ether oxygens (including phenoxy) is 1. The number of hydrogen-bond donors (Lipinski definition) is 1. The highest BCUT2D eigenvalue weighted by molar-refractivity contribution is 7.89. The number of amides is 1. The first-order valence-corrected chi connectivity index (χ1v) is 13.0. The Hall–Kier alpha value is -2.34. The molecule has 1 aromatic carbocycles. The van der Waals surface area contributed by atoms with Crippen LogP contribution in [0.3, 0.4) is 0 Å². The third-order valence-corrected chi connectivity index (χ3v) is 8.05. The zero-order valence-electron chi connectivity index (χ0n) is 20.3. The number of aromatic nitrogens is 3. The molecule has 1 aliphatic rings. The lowest BCUT2D eigenvalue weighted by Gasteiger charge is -2.35. The number of aliphatic hydroxyl groups is 1. The molecule has 0 aliphatic carbocycles. The molecule has 0 unspecified atom stereocenters. The highest BCUT2D eigenvalue weighted by Crippen LogP contribution is 2.21. The molecule has 1 aromatic heterocycles. The van der Waals surface area contributed by atoms with Gasteiger partial charge in [-0.25, -0.2) is 8.42 Å². The van der Waals surface area contributed by atoms with Crippen LogP contribution in [0.25, 0.3) is 0 Å². The maximum absolute atomic E-state index is 13.2. The van der Waals surface area contributed by atoms with Gasteiger partial charge >= 0.3 is 0 Å². The molecular formula is C23H35N5O5S. The molecule has 1 amide bonds. The minimum absolute atomic E-state index is 0.0626. The Morgan fingerprint density at radius 3 is 2.68 bits per heavy atom. The van der Waals surface area contributed by atoms with E-state index in [1.54, 1.807) is 47.0 Å². The van der Waals surface area contributed by atoms with Crippen LogP contribution < -0.4 is 0 Å². The van der Waals surface area contributed by atoms with Crippen molar-refractivity contribution in [2.75, 3.05) is 26.7 Å². The molecule has 0 saturated heterocycles. The van der Waals surface area contributed by atoms with Crippen molar-refractivity contribution in [1.29, 1.82) is 0 Å². The molecule has 2 aromatic rings. The number of carbonyl (C=O) groups excluding carboxylic acids is 1. The zero-order valence-corrected chi connectivity index (χ0v) is 21.1. The van der Waals surface area contributed by atoms with Crippen LogP contribution in [0.1, 0.15) is 37.9 Å². The average Bonchev–Trinajstić information content (AvgIpc) is 3.26. The molecule has 10 nitrogen and oxygen atoms in total. The Bertz CT molecular complexity index is 1060. The van der Waals surface area contributed by atoms with Crippen LogP contribution in [-0.4, -0.2) is 82.5 Å². The fraction of sp³-hybridized carbons (Fsp3) is 0.609. The van der Waals surface area contributed by atoms with Crippen molar-refractivity contribution in [3.8, 4) is 0 Å². The van der Waals surface area contributed by atoms with E-state index in [0.29, 0.717) is 31.6 Å². The van der Waals surface area contributed by atoms with Gasteiger partial charge in [0, 0.05) is 39.0 Å². The molecule has 0 saturated carbocycles. The summed E-state index contributed by atoms with van der Waals surface area (Å²) in [7, 11) is -2.19. The van der Waals surface area contributed by atoms with E-state index >= 15 is 0 Å². The molecule has 3 rings (SSSR count). The number of carbonyl (C=O) groups is 1. The van der Waals surface area contributed by atoms with E-state index in [-0.39, 0.29) is 42.5 Å². The predicted octanol–water partition coefficient (Wildman–Crippen LogP) is 1.43. The van der Waals surface area contributed by atoms with Gasteiger partial charge in [-0.05, 0) is 32.4 Å². The van der Waals surface area contributed by atoms with E-state index in [1.807, 2.05) is 13.8 Å². The molecule has 3 atom stereocenters. The predicted molar refractivity (Wildman–Crippen MR) is 126 cm³/mol. The first kappa shape index (κ1) is 26.3. The molecule has 0 spiro atoms. The molecule has 11 heteroatoms. The molecule has 2 bridgehead atoms. The summed E-state index contributed by atoms with van der Waals surface area (Å²) in [4.78, 5) is 14.8. The summed E-state index contributed by atoms with van der Waals surface area (Å²) in [5, 5.41) is 17.9. The number of benzene rings is 1. The SMILES string of the molecule is Cc1ccc(S(=O)(=O)N(C)C[C@H]2OCc3cn(nn3)CCCC(=O)N([C@H](C)CO)C[C@H]2C)cc1.